The number of amides is 1. The lowest BCUT2D eigenvalue weighted by atomic mass is 9.99. The average molecular weight is 340 g/mol. The van der Waals surface area contributed by atoms with Gasteiger partial charge in [0.2, 0.25) is 0 Å². The molecular formula is C20H24N2O3. The summed E-state index contributed by atoms with van der Waals surface area (Å²) in [6.07, 6.45) is 5.49. The van der Waals surface area contributed by atoms with Crippen LogP contribution in [0.25, 0.3) is 0 Å². The molecule has 1 aliphatic heterocycles. The molecule has 2 aromatic rings. The van der Waals surface area contributed by atoms with Gasteiger partial charge in [-0.15, -0.1) is 0 Å². The molecule has 2 heterocycles. The van der Waals surface area contributed by atoms with Gasteiger partial charge < -0.3 is 14.4 Å². The zero-order valence-corrected chi connectivity index (χ0v) is 14.8. The van der Waals surface area contributed by atoms with Crippen molar-refractivity contribution in [3.05, 3.63) is 53.9 Å². The van der Waals surface area contributed by atoms with Crippen LogP contribution in [0.3, 0.4) is 0 Å². The Morgan fingerprint density at radius 1 is 1.20 bits per heavy atom. The van der Waals surface area contributed by atoms with Crippen LogP contribution in [0.2, 0.25) is 0 Å². The molecule has 0 aliphatic carbocycles. The standard InChI is InChI=1S/C20H24N2O3/c1-15-7-9-22(10-8-15)20(23)17-11-16(12-21-13-17)14-25-19-6-4-3-5-18(19)24-2/h3-6,11-13,15H,7-10,14H2,1-2H3. The lowest BCUT2D eigenvalue weighted by molar-refractivity contribution is 0.0696. The SMILES string of the molecule is COc1ccccc1OCc1cncc(C(=O)N2CCC(C)CC2)c1. The van der Waals surface area contributed by atoms with Crippen LogP contribution < -0.4 is 9.47 Å². The summed E-state index contributed by atoms with van der Waals surface area (Å²) in [5.41, 5.74) is 1.48. The first-order valence-electron chi connectivity index (χ1n) is 8.66. The Labute approximate surface area is 148 Å². The van der Waals surface area contributed by atoms with Crippen molar-refractivity contribution in [2.45, 2.75) is 26.4 Å². The van der Waals surface area contributed by atoms with E-state index in [0.29, 0.717) is 29.6 Å². The van der Waals surface area contributed by atoms with Crippen LogP contribution in [0.5, 0.6) is 11.5 Å². The highest BCUT2D eigenvalue weighted by atomic mass is 16.5. The van der Waals surface area contributed by atoms with Gasteiger partial charge in [0.15, 0.2) is 11.5 Å². The van der Waals surface area contributed by atoms with E-state index in [-0.39, 0.29) is 5.91 Å². The van der Waals surface area contributed by atoms with Gasteiger partial charge in [0, 0.05) is 31.0 Å². The van der Waals surface area contributed by atoms with Crippen LogP contribution in [-0.4, -0.2) is 36.0 Å². The summed E-state index contributed by atoms with van der Waals surface area (Å²) in [5, 5.41) is 0. The number of carbonyl (C=O) groups excluding carboxylic acids is 1. The summed E-state index contributed by atoms with van der Waals surface area (Å²) < 4.78 is 11.1. The van der Waals surface area contributed by atoms with E-state index in [1.54, 1.807) is 19.5 Å². The molecule has 0 saturated carbocycles. The number of ether oxygens (including phenoxy) is 2. The molecule has 1 fully saturated rings. The molecule has 1 aromatic heterocycles. The maximum Gasteiger partial charge on any atom is 0.255 e. The number of hydrogen-bond acceptors (Lipinski definition) is 4. The van der Waals surface area contributed by atoms with Crippen LogP contribution >= 0.6 is 0 Å². The van der Waals surface area contributed by atoms with Gasteiger partial charge in [0.05, 0.1) is 12.7 Å². The second-order valence-corrected chi connectivity index (χ2v) is 6.50. The molecule has 132 valence electrons. The Hall–Kier alpha value is -2.56. The van der Waals surface area contributed by atoms with Crippen LogP contribution in [-0.2, 0) is 6.61 Å². The van der Waals surface area contributed by atoms with Crippen LogP contribution in [0.1, 0.15) is 35.7 Å². The summed E-state index contributed by atoms with van der Waals surface area (Å²) in [7, 11) is 1.61. The Morgan fingerprint density at radius 2 is 1.92 bits per heavy atom. The smallest absolute Gasteiger partial charge is 0.255 e. The fraction of sp³-hybridized carbons (Fsp3) is 0.400. The number of hydrogen-bond donors (Lipinski definition) is 0. The van der Waals surface area contributed by atoms with E-state index >= 15 is 0 Å². The minimum absolute atomic E-state index is 0.0542. The molecule has 0 spiro atoms. The number of pyridine rings is 1. The predicted molar refractivity (Wildman–Crippen MR) is 95.9 cm³/mol. The minimum atomic E-state index is 0.0542. The number of piperidine rings is 1. The molecule has 5 nitrogen and oxygen atoms in total. The van der Waals surface area contributed by atoms with Crippen molar-refractivity contribution in [2.24, 2.45) is 5.92 Å². The Kier molecular flexibility index (Phi) is 5.53. The number of carbonyl (C=O) groups is 1. The van der Waals surface area contributed by atoms with Crippen molar-refractivity contribution in [1.29, 1.82) is 0 Å². The van der Waals surface area contributed by atoms with Gasteiger partial charge in [-0.3, -0.25) is 9.78 Å². The molecule has 1 aromatic carbocycles. The van der Waals surface area contributed by atoms with Crippen molar-refractivity contribution in [3.8, 4) is 11.5 Å². The van der Waals surface area contributed by atoms with E-state index in [9.17, 15) is 4.79 Å². The van der Waals surface area contributed by atoms with Crippen molar-refractivity contribution in [3.63, 3.8) is 0 Å². The third kappa shape index (κ3) is 4.29. The second-order valence-electron chi connectivity index (χ2n) is 6.50. The van der Waals surface area contributed by atoms with E-state index in [1.165, 1.54) is 0 Å². The molecule has 0 radical (unpaired) electrons. The third-order valence-electron chi connectivity index (χ3n) is 4.58. The maximum atomic E-state index is 12.7. The van der Waals surface area contributed by atoms with E-state index in [1.807, 2.05) is 35.2 Å². The lowest BCUT2D eigenvalue weighted by Crippen LogP contribution is -2.38. The van der Waals surface area contributed by atoms with Crippen molar-refractivity contribution in [2.75, 3.05) is 20.2 Å². The van der Waals surface area contributed by atoms with Crippen LogP contribution in [0.4, 0.5) is 0 Å². The van der Waals surface area contributed by atoms with E-state index in [0.717, 1.165) is 31.5 Å². The van der Waals surface area contributed by atoms with Crippen LogP contribution in [0.15, 0.2) is 42.7 Å². The lowest BCUT2D eigenvalue weighted by Gasteiger charge is -2.30. The number of benzene rings is 1. The highest BCUT2D eigenvalue weighted by Crippen LogP contribution is 2.26. The number of nitrogens with zero attached hydrogens (tertiary/aromatic N) is 2. The molecule has 3 rings (SSSR count). The van der Waals surface area contributed by atoms with Crippen molar-refractivity contribution < 1.29 is 14.3 Å². The Morgan fingerprint density at radius 3 is 2.64 bits per heavy atom. The van der Waals surface area contributed by atoms with Crippen LogP contribution in [0, 0.1) is 5.92 Å². The topological polar surface area (TPSA) is 51.7 Å². The fourth-order valence-electron chi connectivity index (χ4n) is 2.98. The van der Waals surface area contributed by atoms with Gasteiger partial charge in [0.25, 0.3) is 5.91 Å². The molecule has 0 atom stereocenters. The summed E-state index contributed by atoms with van der Waals surface area (Å²) in [4.78, 5) is 18.8. The van der Waals surface area contributed by atoms with Gasteiger partial charge in [-0.05, 0) is 37.0 Å². The van der Waals surface area contributed by atoms with E-state index in [4.69, 9.17) is 9.47 Å². The molecule has 0 unspecified atom stereocenters. The first-order valence-corrected chi connectivity index (χ1v) is 8.66. The normalized spacial score (nSPS) is 15.0. The number of rotatable bonds is 5. The van der Waals surface area contributed by atoms with Gasteiger partial charge in [-0.25, -0.2) is 0 Å². The minimum Gasteiger partial charge on any atom is -0.493 e. The zero-order chi connectivity index (χ0) is 17.6. The summed E-state index contributed by atoms with van der Waals surface area (Å²) in [5.74, 6) is 2.11. The zero-order valence-electron chi connectivity index (χ0n) is 14.8. The van der Waals surface area contributed by atoms with Gasteiger partial charge in [0.1, 0.15) is 6.61 Å². The monoisotopic (exact) mass is 340 g/mol. The fourth-order valence-corrected chi connectivity index (χ4v) is 2.98. The summed E-state index contributed by atoms with van der Waals surface area (Å²) >= 11 is 0. The third-order valence-corrected chi connectivity index (χ3v) is 4.58. The average Bonchev–Trinajstić information content (AvgIpc) is 2.67. The molecule has 0 N–H and O–H groups in total. The second kappa shape index (κ2) is 8.01. The number of para-hydroxylation sites is 2. The molecule has 1 aliphatic rings. The highest BCUT2D eigenvalue weighted by molar-refractivity contribution is 5.94. The first-order chi connectivity index (χ1) is 12.2. The van der Waals surface area contributed by atoms with Gasteiger partial charge in [-0.1, -0.05) is 19.1 Å². The van der Waals surface area contributed by atoms with Gasteiger partial charge >= 0.3 is 0 Å². The first kappa shape index (κ1) is 17.3. The molecule has 5 heteroatoms. The molecule has 1 amide bonds. The highest BCUT2D eigenvalue weighted by Gasteiger charge is 2.21. The largest absolute Gasteiger partial charge is 0.493 e. The molecule has 1 saturated heterocycles. The predicted octanol–water partition coefficient (Wildman–Crippen LogP) is 3.54. The Bertz CT molecular complexity index is 724. The molecule has 25 heavy (non-hydrogen) atoms. The van der Waals surface area contributed by atoms with E-state index < -0.39 is 0 Å². The number of aromatic nitrogens is 1. The van der Waals surface area contributed by atoms with Gasteiger partial charge in [-0.2, -0.15) is 0 Å². The summed E-state index contributed by atoms with van der Waals surface area (Å²) in [6, 6.07) is 9.36. The van der Waals surface area contributed by atoms with Crippen molar-refractivity contribution >= 4 is 5.91 Å². The molecule has 0 bridgehead atoms. The maximum absolute atomic E-state index is 12.7. The van der Waals surface area contributed by atoms with E-state index in [2.05, 4.69) is 11.9 Å². The Balaban J connectivity index is 1.66. The summed E-state index contributed by atoms with van der Waals surface area (Å²) in [6.45, 7) is 4.22. The number of likely N-dealkylation sites (tertiary alicyclic amines) is 1. The quantitative estimate of drug-likeness (QED) is 0.835. The number of methoxy groups -OCH3 is 1. The van der Waals surface area contributed by atoms with Crippen molar-refractivity contribution in [1.82, 2.24) is 9.88 Å². The molecular weight excluding hydrogens is 316 g/mol.